The van der Waals surface area contributed by atoms with Crippen LogP contribution in [0.25, 0.3) is 0 Å². The summed E-state index contributed by atoms with van der Waals surface area (Å²) in [6, 6.07) is 3.29. The molecule has 7 heteroatoms. The van der Waals surface area contributed by atoms with Crippen LogP contribution in [0, 0.1) is 0 Å². The van der Waals surface area contributed by atoms with E-state index < -0.39 is 5.97 Å². The highest BCUT2D eigenvalue weighted by Gasteiger charge is 2.34. The molecule has 0 atom stereocenters. The molecule has 1 fully saturated rings. The Hall–Kier alpha value is -1.89. The monoisotopic (exact) mass is 282 g/mol. The largest absolute Gasteiger partial charge is 0.480 e. The van der Waals surface area contributed by atoms with Gasteiger partial charge in [0.05, 0.1) is 9.88 Å². The second-order valence-electron chi connectivity index (χ2n) is 4.40. The standard InChI is InChI=1S/C12H14N2O4S/c1-7(15)13-10-5-4-9(19-10)12(18)14(6-11(16)17)8-2-3-8/h4-5,8H,2-3,6H2,1H3,(H,13,15)(H,16,17). The summed E-state index contributed by atoms with van der Waals surface area (Å²) in [5.74, 6) is -1.50. The highest BCUT2D eigenvalue weighted by molar-refractivity contribution is 7.18. The Labute approximate surface area is 114 Å². The quantitative estimate of drug-likeness (QED) is 0.854. The number of carboxylic acid groups (broad SMARTS) is 1. The van der Waals surface area contributed by atoms with E-state index in [0.29, 0.717) is 9.88 Å². The lowest BCUT2D eigenvalue weighted by molar-refractivity contribution is -0.137. The number of anilines is 1. The van der Waals surface area contributed by atoms with Gasteiger partial charge in [0.2, 0.25) is 5.91 Å². The Morgan fingerprint density at radius 2 is 2.11 bits per heavy atom. The predicted octanol–water partition coefficient (Wildman–Crippen LogP) is 1.40. The van der Waals surface area contributed by atoms with Crippen molar-refractivity contribution in [2.75, 3.05) is 11.9 Å². The zero-order chi connectivity index (χ0) is 14.0. The Morgan fingerprint density at radius 3 is 2.63 bits per heavy atom. The molecule has 2 N–H and O–H groups in total. The van der Waals surface area contributed by atoms with Crippen molar-refractivity contribution in [3.05, 3.63) is 17.0 Å². The summed E-state index contributed by atoms with van der Waals surface area (Å²) in [5, 5.41) is 12.0. The number of amides is 2. The van der Waals surface area contributed by atoms with E-state index in [1.807, 2.05) is 0 Å². The molecule has 0 saturated heterocycles. The van der Waals surface area contributed by atoms with E-state index in [9.17, 15) is 14.4 Å². The zero-order valence-corrected chi connectivity index (χ0v) is 11.2. The van der Waals surface area contributed by atoms with E-state index in [1.54, 1.807) is 12.1 Å². The van der Waals surface area contributed by atoms with Crippen LogP contribution in [0.3, 0.4) is 0 Å². The van der Waals surface area contributed by atoms with Crippen LogP contribution in [-0.2, 0) is 9.59 Å². The number of thiophene rings is 1. The first-order chi connectivity index (χ1) is 8.97. The highest BCUT2D eigenvalue weighted by atomic mass is 32.1. The number of nitrogens with one attached hydrogen (secondary N) is 1. The summed E-state index contributed by atoms with van der Waals surface area (Å²) in [7, 11) is 0. The SMILES string of the molecule is CC(=O)Nc1ccc(C(=O)N(CC(=O)O)C2CC2)s1. The fourth-order valence-corrected chi connectivity index (χ4v) is 2.64. The van der Waals surface area contributed by atoms with Crippen molar-refractivity contribution in [1.82, 2.24) is 4.90 Å². The molecular weight excluding hydrogens is 268 g/mol. The summed E-state index contributed by atoms with van der Waals surface area (Å²) in [6.07, 6.45) is 1.70. The molecular formula is C12H14N2O4S. The average Bonchev–Trinajstić information content (AvgIpc) is 3.05. The van der Waals surface area contributed by atoms with Gasteiger partial charge in [0.15, 0.2) is 0 Å². The zero-order valence-electron chi connectivity index (χ0n) is 10.4. The number of nitrogens with zero attached hydrogens (tertiary/aromatic N) is 1. The number of carbonyl (C=O) groups is 3. The molecule has 0 spiro atoms. The summed E-state index contributed by atoms with van der Waals surface area (Å²) in [6.45, 7) is 1.11. The predicted molar refractivity (Wildman–Crippen MR) is 70.3 cm³/mol. The number of hydrogen-bond donors (Lipinski definition) is 2. The van der Waals surface area contributed by atoms with Crippen LogP contribution >= 0.6 is 11.3 Å². The molecule has 0 bridgehead atoms. The van der Waals surface area contributed by atoms with Gasteiger partial charge in [0.25, 0.3) is 5.91 Å². The van der Waals surface area contributed by atoms with E-state index in [0.717, 1.165) is 24.2 Å². The lowest BCUT2D eigenvalue weighted by Gasteiger charge is -2.19. The first kappa shape index (κ1) is 13.5. The van der Waals surface area contributed by atoms with Crippen LogP contribution < -0.4 is 5.32 Å². The Kier molecular flexibility index (Phi) is 3.84. The smallest absolute Gasteiger partial charge is 0.323 e. The van der Waals surface area contributed by atoms with Crippen LogP contribution in [0.4, 0.5) is 5.00 Å². The van der Waals surface area contributed by atoms with Crippen LogP contribution in [0.5, 0.6) is 0 Å². The number of rotatable bonds is 5. The van der Waals surface area contributed by atoms with Crippen LogP contribution in [0.2, 0.25) is 0 Å². The van der Waals surface area contributed by atoms with Crippen molar-refractivity contribution in [1.29, 1.82) is 0 Å². The van der Waals surface area contributed by atoms with Crippen molar-refractivity contribution in [3.63, 3.8) is 0 Å². The molecule has 2 amide bonds. The van der Waals surface area contributed by atoms with Gasteiger partial charge in [-0.1, -0.05) is 0 Å². The number of carboxylic acids is 1. The molecule has 0 radical (unpaired) electrons. The summed E-state index contributed by atoms with van der Waals surface area (Å²) in [5.41, 5.74) is 0. The maximum atomic E-state index is 12.2. The maximum Gasteiger partial charge on any atom is 0.323 e. The molecule has 19 heavy (non-hydrogen) atoms. The third-order valence-corrected chi connectivity index (χ3v) is 3.66. The molecule has 0 aliphatic heterocycles. The van der Waals surface area contributed by atoms with E-state index in [2.05, 4.69) is 5.32 Å². The number of hydrogen-bond acceptors (Lipinski definition) is 4. The van der Waals surface area contributed by atoms with Crippen molar-refractivity contribution >= 4 is 34.1 Å². The molecule has 6 nitrogen and oxygen atoms in total. The van der Waals surface area contributed by atoms with Gasteiger partial charge in [-0.25, -0.2) is 0 Å². The van der Waals surface area contributed by atoms with Gasteiger partial charge in [-0.3, -0.25) is 14.4 Å². The summed E-state index contributed by atoms with van der Waals surface area (Å²) < 4.78 is 0. The maximum absolute atomic E-state index is 12.2. The lowest BCUT2D eigenvalue weighted by Crippen LogP contribution is -2.37. The normalized spacial score (nSPS) is 13.9. The second-order valence-corrected chi connectivity index (χ2v) is 5.49. The lowest BCUT2D eigenvalue weighted by atomic mass is 10.3. The minimum Gasteiger partial charge on any atom is -0.480 e. The van der Waals surface area contributed by atoms with E-state index in [1.165, 1.54) is 11.8 Å². The third kappa shape index (κ3) is 3.54. The Morgan fingerprint density at radius 1 is 1.42 bits per heavy atom. The fourth-order valence-electron chi connectivity index (χ4n) is 1.73. The number of carbonyl (C=O) groups excluding carboxylic acids is 2. The van der Waals surface area contributed by atoms with Gasteiger partial charge in [0, 0.05) is 13.0 Å². The second kappa shape index (κ2) is 5.40. The molecule has 1 aromatic rings. The van der Waals surface area contributed by atoms with Crippen LogP contribution in [-0.4, -0.2) is 40.4 Å². The Balaban J connectivity index is 2.10. The highest BCUT2D eigenvalue weighted by Crippen LogP contribution is 2.30. The van der Waals surface area contributed by atoms with E-state index >= 15 is 0 Å². The van der Waals surface area contributed by atoms with Gasteiger partial charge >= 0.3 is 5.97 Å². The average molecular weight is 282 g/mol. The molecule has 1 aliphatic rings. The van der Waals surface area contributed by atoms with Crippen molar-refractivity contribution < 1.29 is 19.5 Å². The van der Waals surface area contributed by atoms with Gasteiger partial charge in [-0.2, -0.15) is 0 Å². The van der Waals surface area contributed by atoms with Crippen LogP contribution in [0.1, 0.15) is 29.4 Å². The first-order valence-corrected chi connectivity index (χ1v) is 6.69. The minimum absolute atomic E-state index is 0.0370. The molecule has 2 rings (SSSR count). The van der Waals surface area contributed by atoms with Gasteiger partial charge in [-0.15, -0.1) is 11.3 Å². The molecule has 0 aromatic carbocycles. The fraction of sp³-hybridized carbons (Fsp3) is 0.417. The molecule has 1 heterocycles. The van der Waals surface area contributed by atoms with E-state index in [4.69, 9.17) is 5.11 Å². The molecule has 1 saturated carbocycles. The Bertz CT molecular complexity index is 522. The van der Waals surface area contributed by atoms with Crippen molar-refractivity contribution in [3.8, 4) is 0 Å². The van der Waals surface area contributed by atoms with Crippen molar-refractivity contribution in [2.45, 2.75) is 25.8 Å². The molecule has 1 aliphatic carbocycles. The number of aliphatic carboxylic acids is 1. The minimum atomic E-state index is -1.01. The molecule has 0 unspecified atom stereocenters. The van der Waals surface area contributed by atoms with Crippen molar-refractivity contribution in [2.24, 2.45) is 0 Å². The molecule has 102 valence electrons. The van der Waals surface area contributed by atoms with Gasteiger partial charge < -0.3 is 15.3 Å². The topological polar surface area (TPSA) is 86.7 Å². The summed E-state index contributed by atoms with van der Waals surface area (Å²) in [4.78, 5) is 35.7. The summed E-state index contributed by atoms with van der Waals surface area (Å²) >= 11 is 1.15. The van der Waals surface area contributed by atoms with Gasteiger partial charge in [-0.05, 0) is 25.0 Å². The first-order valence-electron chi connectivity index (χ1n) is 5.87. The van der Waals surface area contributed by atoms with Crippen LogP contribution in [0.15, 0.2) is 12.1 Å². The van der Waals surface area contributed by atoms with E-state index in [-0.39, 0.29) is 24.4 Å². The van der Waals surface area contributed by atoms with Gasteiger partial charge in [0.1, 0.15) is 6.54 Å². The third-order valence-electron chi connectivity index (χ3n) is 2.67. The molecule has 1 aromatic heterocycles.